The van der Waals surface area contributed by atoms with Gasteiger partial charge in [-0.1, -0.05) is 27.5 Å². The van der Waals surface area contributed by atoms with Gasteiger partial charge in [-0.25, -0.2) is 4.98 Å². The van der Waals surface area contributed by atoms with E-state index in [1.165, 1.54) is 6.07 Å². The molecular weight excluding hydrogens is 370 g/mol. The first kappa shape index (κ1) is 14.9. The number of carbonyl (C=O) groups excluding carboxylic acids is 1. The number of rotatable bonds is 3. The molecule has 0 radical (unpaired) electrons. The van der Waals surface area contributed by atoms with E-state index in [2.05, 4.69) is 26.2 Å². The van der Waals surface area contributed by atoms with Crippen molar-refractivity contribution in [3.63, 3.8) is 0 Å². The Bertz CT molecular complexity index is 863. The number of phenols is 1. The van der Waals surface area contributed by atoms with Crippen molar-refractivity contribution >= 4 is 39.1 Å². The molecule has 2 aromatic heterocycles. The van der Waals surface area contributed by atoms with E-state index in [0.29, 0.717) is 10.7 Å². The summed E-state index contributed by atoms with van der Waals surface area (Å²) in [7, 11) is 0. The average molecular weight is 381 g/mol. The van der Waals surface area contributed by atoms with Gasteiger partial charge in [0.25, 0.3) is 5.91 Å². The largest absolute Gasteiger partial charge is 0.507 e. The number of benzene rings is 1. The first-order valence-corrected chi connectivity index (χ1v) is 7.60. The molecule has 2 heterocycles. The molecule has 0 saturated carbocycles. The minimum absolute atomic E-state index is 0.0671. The van der Waals surface area contributed by atoms with E-state index in [4.69, 9.17) is 11.6 Å². The van der Waals surface area contributed by atoms with Crippen LogP contribution in [0.3, 0.4) is 0 Å². The lowest BCUT2D eigenvalue weighted by atomic mass is 10.2. The first-order valence-electron chi connectivity index (χ1n) is 6.43. The van der Waals surface area contributed by atoms with Gasteiger partial charge in [-0.2, -0.15) is 0 Å². The number of carbonyl (C=O) groups is 1. The zero-order valence-electron chi connectivity index (χ0n) is 11.3. The minimum Gasteiger partial charge on any atom is -0.507 e. The number of hydrogen-bond acceptors (Lipinski definition) is 3. The highest BCUT2D eigenvalue weighted by atomic mass is 79.9. The molecule has 0 spiro atoms. The predicted molar refractivity (Wildman–Crippen MR) is 87.2 cm³/mol. The number of aromatic hydroxyl groups is 1. The van der Waals surface area contributed by atoms with Crippen molar-refractivity contribution in [1.29, 1.82) is 0 Å². The summed E-state index contributed by atoms with van der Waals surface area (Å²) in [5.74, 6) is -0.434. The fourth-order valence-electron chi connectivity index (χ4n) is 2.06. The Morgan fingerprint density at radius 2 is 2.14 bits per heavy atom. The van der Waals surface area contributed by atoms with E-state index in [0.717, 1.165) is 10.1 Å². The Kier molecular flexibility index (Phi) is 4.04. The van der Waals surface area contributed by atoms with E-state index >= 15 is 0 Å². The standard InChI is InChI=1S/C15H11BrClN3O2/c16-9-1-3-13(21)12(5-9)15(22)18-6-11-8-20-7-10(17)2-4-14(20)19-11/h1-5,7-8,21H,6H2,(H,18,22). The summed E-state index contributed by atoms with van der Waals surface area (Å²) in [5, 5.41) is 13.1. The predicted octanol–water partition coefficient (Wildman–Crippen LogP) is 3.39. The second-order valence-electron chi connectivity index (χ2n) is 4.69. The van der Waals surface area contributed by atoms with Gasteiger partial charge in [0, 0.05) is 16.9 Å². The van der Waals surface area contributed by atoms with Crippen molar-refractivity contribution in [2.45, 2.75) is 6.54 Å². The maximum Gasteiger partial charge on any atom is 0.255 e. The van der Waals surface area contributed by atoms with E-state index in [-0.39, 0.29) is 23.8 Å². The van der Waals surface area contributed by atoms with Crippen LogP contribution >= 0.6 is 27.5 Å². The first-order chi connectivity index (χ1) is 10.5. The molecule has 0 bridgehead atoms. The highest BCUT2D eigenvalue weighted by Gasteiger charge is 2.12. The van der Waals surface area contributed by atoms with Crippen molar-refractivity contribution in [2.24, 2.45) is 0 Å². The maximum absolute atomic E-state index is 12.1. The molecule has 0 unspecified atom stereocenters. The zero-order valence-corrected chi connectivity index (χ0v) is 13.6. The Hall–Kier alpha value is -2.05. The van der Waals surface area contributed by atoms with Crippen LogP contribution in [-0.2, 0) is 6.54 Å². The summed E-state index contributed by atoms with van der Waals surface area (Å²) in [6, 6.07) is 8.25. The van der Waals surface area contributed by atoms with Crippen LogP contribution in [0.25, 0.3) is 5.65 Å². The number of pyridine rings is 1. The van der Waals surface area contributed by atoms with Gasteiger partial charge in [0.2, 0.25) is 0 Å². The minimum atomic E-state index is -0.367. The van der Waals surface area contributed by atoms with Crippen molar-refractivity contribution in [2.75, 3.05) is 0 Å². The molecule has 112 valence electrons. The second-order valence-corrected chi connectivity index (χ2v) is 6.04. The smallest absolute Gasteiger partial charge is 0.255 e. The van der Waals surface area contributed by atoms with Gasteiger partial charge in [-0.3, -0.25) is 4.79 Å². The van der Waals surface area contributed by atoms with E-state index in [9.17, 15) is 9.90 Å². The third kappa shape index (κ3) is 3.08. The fraction of sp³-hybridized carbons (Fsp3) is 0.0667. The molecule has 7 heteroatoms. The molecule has 22 heavy (non-hydrogen) atoms. The van der Waals surface area contributed by atoms with Crippen LogP contribution in [0.5, 0.6) is 5.75 Å². The van der Waals surface area contributed by atoms with Gasteiger partial charge in [0.15, 0.2) is 0 Å². The number of aromatic nitrogens is 2. The molecule has 0 aliphatic carbocycles. The lowest BCUT2D eigenvalue weighted by Crippen LogP contribution is -2.23. The Morgan fingerprint density at radius 1 is 1.32 bits per heavy atom. The lowest BCUT2D eigenvalue weighted by Gasteiger charge is -2.05. The molecule has 3 aromatic rings. The molecule has 0 fully saturated rings. The third-order valence-corrected chi connectivity index (χ3v) is 3.81. The van der Waals surface area contributed by atoms with E-state index in [1.54, 1.807) is 41.1 Å². The monoisotopic (exact) mass is 379 g/mol. The number of hydrogen-bond donors (Lipinski definition) is 2. The number of phenolic OH excluding ortho intramolecular Hbond substituents is 1. The van der Waals surface area contributed by atoms with Gasteiger partial charge in [0.05, 0.1) is 22.8 Å². The van der Waals surface area contributed by atoms with Crippen LogP contribution in [0, 0.1) is 0 Å². The normalized spacial score (nSPS) is 10.8. The number of fused-ring (bicyclic) bond motifs is 1. The number of imidazole rings is 1. The SMILES string of the molecule is O=C(NCc1cn2cc(Cl)ccc2n1)c1cc(Br)ccc1O. The molecule has 0 aliphatic rings. The van der Waals surface area contributed by atoms with E-state index in [1.807, 2.05) is 0 Å². The summed E-state index contributed by atoms with van der Waals surface area (Å²) in [5.41, 5.74) is 1.66. The van der Waals surface area contributed by atoms with Gasteiger partial charge in [-0.15, -0.1) is 0 Å². The number of halogens is 2. The number of amides is 1. The molecule has 0 aliphatic heterocycles. The molecule has 5 nitrogen and oxygen atoms in total. The van der Waals surface area contributed by atoms with Gasteiger partial charge < -0.3 is 14.8 Å². The Labute approximate surface area is 139 Å². The molecule has 0 saturated heterocycles. The molecule has 0 atom stereocenters. The van der Waals surface area contributed by atoms with Crippen molar-refractivity contribution < 1.29 is 9.90 Å². The third-order valence-electron chi connectivity index (χ3n) is 3.10. The Morgan fingerprint density at radius 3 is 2.95 bits per heavy atom. The van der Waals surface area contributed by atoms with Crippen LogP contribution in [0.4, 0.5) is 0 Å². The topological polar surface area (TPSA) is 66.6 Å². The average Bonchev–Trinajstić information content (AvgIpc) is 2.89. The van der Waals surface area contributed by atoms with Crippen LogP contribution in [0.1, 0.15) is 16.1 Å². The van der Waals surface area contributed by atoms with Crippen molar-refractivity contribution in [1.82, 2.24) is 14.7 Å². The quantitative estimate of drug-likeness (QED) is 0.732. The lowest BCUT2D eigenvalue weighted by molar-refractivity contribution is 0.0947. The number of nitrogens with one attached hydrogen (secondary N) is 1. The van der Waals surface area contributed by atoms with Crippen molar-refractivity contribution in [3.05, 3.63) is 63.5 Å². The Balaban J connectivity index is 1.75. The molecule has 2 N–H and O–H groups in total. The fourth-order valence-corrected chi connectivity index (χ4v) is 2.59. The van der Waals surface area contributed by atoms with Gasteiger partial charge in [-0.05, 0) is 30.3 Å². The molecule has 3 rings (SSSR count). The van der Waals surface area contributed by atoms with E-state index < -0.39 is 0 Å². The second kappa shape index (κ2) is 5.98. The van der Waals surface area contributed by atoms with Gasteiger partial charge in [0.1, 0.15) is 11.4 Å². The van der Waals surface area contributed by atoms with Crippen LogP contribution in [0.2, 0.25) is 5.02 Å². The summed E-state index contributed by atoms with van der Waals surface area (Å²) in [4.78, 5) is 16.5. The maximum atomic E-state index is 12.1. The van der Waals surface area contributed by atoms with Crippen LogP contribution in [-0.4, -0.2) is 20.4 Å². The molecule has 1 amide bonds. The van der Waals surface area contributed by atoms with Crippen LogP contribution in [0.15, 0.2) is 47.2 Å². The summed E-state index contributed by atoms with van der Waals surface area (Å²) in [6.07, 6.45) is 3.54. The molecular formula is C15H11BrClN3O2. The summed E-state index contributed by atoms with van der Waals surface area (Å²) < 4.78 is 2.51. The number of nitrogens with zero attached hydrogens (tertiary/aromatic N) is 2. The zero-order chi connectivity index (χ0) is 15.7. The highest BCUT2D eigenvalue weighted by Crippen LogP contribution is 2.21. The highest BCUT2D eigenvalue weighted by molar-refractivity contribution is 9.10. The summed E-state index contributed by atoms with van der Waals surface area (Å²) >= 11 is 9.19. The van der Waals surface area contributed by atoms with Crippen molar-refractivity contribution in [3.8, 4) is 5.75 Å². The molecule has 1 aromatic carbocycles. The van der Waals surface area contributed by atoms with Crippen LogP contribution < -0.4 is 5.32 Å². The van der Waals surface area contributed by atoms with Gasteiger partial charge >= 0.3 is 0 Å². The summed E-state index contributed by atoms with van der Waals surface area (Å²) in [6.45, 7) is 0.254.